The van der Waals surface area contributed by atoms with Crippen molar-refractivity contribution < 1.29 is 14.7 Å². The molecule has 5 nitrogen and oxygen atoms in total. The lowest BCUT2D eigenvalue weighted by Gasteiger charge is -2.28. The Labute approximate surface area is 109 Å². The number of nitrogens with one attached hydrogen (secondary N) is 2. The third-order valence-electron chi connectivity index (χ3n) is 2.43. The number of amides is 1. The van der Waals surface area contributed by atoms with Gasteiger partial charge in [-0.1, -0.05) is 20.8 Å². The standard InChI is InChI=1S/C13H26N2O3/c1-12(2,3)10(11(17)18)15-9(16)7-8-14-13(4,5)6/h10,14H,7-8H2,1-6H3,(H,15,16)(H,17,18)/t10-/m1/s1. The fourth-order valence-corrected chi connectivity index (χ4v) is 1.43. The highest BCUT2D eigenvalue weighted by Crippen LogP contribution is 2.19. The van der Waals surface area contributed by atoms with Gasteiger partial charge < -0.3 is 15.7 Å². The number of aliphatic carboxylic acids is 1. The molecule has 3 N–H and O–H groups in total. The van der Waals surface area contributed by atoms with E-state index in [1.54, 1.807) is 20.8 Å². The Hall–Kier alpha value is -1.10. The van der Waals surface area contributed by atoms with Crippen LogP contribution in [0, 0.1) is 5.41 Å². The lowest BCUT2D eigenvalue weighted by Crippen LogP contribution is -2.49. The molecule has 0 rings (SSSR count). The van der Waals surface area contributed by atoms with E-state index in [9.17, 15) is 9.59 Å². The summed E-state index contributed by atoms with van der Waals surface area (Å²) >= 11 is 0. The highest BCUT2D eigenvalue weighted by molar-refractivity contribution is 5.84. The monoisotopic (exact) mass is 258 g/mol. The zero-order chi connectivity index (χ0) is 14.6. The SMILES string of the molecule is CC(C)(C)NCCC(=O)N[C@H](C(=O)O)C(C)(C)C. The number of carbonyl (C=O) groups is 2. The van der Waals surface area contributed by atoms with E-state index >= 15 is 0 Å². The third-order valence-corrected chi connectivity index (χ3v) is 2.43. The van der Waals surface area contributed by atoms with Gasteiger partial charge in [0.2, 0.25) is 5.91 Å². The van der Waals surface area contributed by atoms with Crippen LogP contribution in [0.1, 0.15) is 48.0 Å². The van der Waals surface area contributed by atoms with E-state index in [1.165, 1.54) is 0 Å². The van der Waals surface area contributed by atoms with Crippen molar-refractivity contribution in [3.05, 3.63) is 0 Å². The van der Waals surface area contributed by atoms with E-state index in [-0.39, 0.29) is 17.9 Å². The average molecular weight is 258 g/mol. The van der Waals surface area contributed by atoms with Gasteiger partial charge in [-0.05, 0) is 26.2 Å². The number of carboxylic acids is 1. The molecule has 0 aliphatic rings. The molecule has 0 saturated carbocycles. The Morgan fingerprint density at radius 3 is 1.94 bits per heavy atom. The van der Waals surface area contributed by atoms with Crippen molar-refractivity contribution in [1.29, 1.82) is 0 Å². The number of carboxylic acid groups (broad SMARTS) is 1. The van der Waals surface area contributed by atoms with Crippen molar-refractivity contribution in [2.75, 3.05) is 6.54 Å². The van der Waals surface area contributed by atoms with Crippen molar-refractivity contribution in [2.24, 2.45) is 5.41 Å². The Kier molecular flexibility index (Phi) is 5.80. The summed E-state index contributed by atoms with van der Waals surface area (Å²) in [6.07, 6.45) is 0.275. The van der Waals surface area contributed by atoms with Crippen molar-refractivity contribution in [2.45, 2.75) is 59.5 Å². The molecule has 0 radical (unpaired) electrons. The van der Waals surface area contributed by atoms with Gasteiger partial charge in [0.25, 0.3) is 0 Å². The molecule has 0 bridgehead atoms. The molecule has 0 aliphatic carbocycles. The first kappa shape index (κ1) is 16.9. The highest BCUT2D eigenvalue weighted by atomic mass is 16.4. The van der Waals surface area contributed by atoms with Gasteiger partial charge in [-0.2, -0.15) is 0 Å². The molecule has 0 aliphatic heterocycles. The number of hydrogen-bond acceptors (Lipinski definition) is 3. The largest absolute Gasteiger partial charge is 0.480 e. The zero-order valence-corrected chi connectivity index (χ0v) is 12.3. The van der Waals surface area contributed by atoms with Crippen LogP contribution in [0.25, 0.3) is 0 Å². The molecule has 0 aromatic heterocycles. The van der Waals surface area contributed by atoms with E-state index in [1.807, 2.05) is 20.8 Å². The summed E-state index contributed by atoms with van der Waals surface area (Å²) in [5.74, 6) is -1.24. The number of hydrogen-bond donors (Lipinski definition) is 3. The van der Waals surface area contributed by atoms with E-state index in [2.05, 4.69) is 10.6 Å². The van der Waals surface area contributed by atoms with Crippen LogP contribution in [0.4, 0.5) is 0 Å². The molecule has 0 spiro atoms. The maximum absolute atomic E-state index is 11.7. The molecule has 0 heterocycles. The van der Waals surface area contributed by atoms with Gasteiger partial charge >= 0.3 is 5.97 Å². The second kappa shape index (κ2) is 6.18. The molecular weight excluding hydrogens is 232 g/mol. The molecule has 1 amide bonds. The van der Waals surface area contributed by atoms with Crippen LogP contribution in [-0.2, 0) is 9.59 Å². The summed E-state index contributed by atoms with van der Waals surface area (Å²) in [5, 5.41) is 14.8. The fraction of sp³-hybridized carbons (Fsp3) is 0.846. The topological polar surface area (TPSA) is 78.4 Å². The molecule has 0 aromatic rings. The van der Waals surface area contributed by atoms with Gasteiger partial charge in [0, 0.05) is 18.5 Å². The third kappa shape index (κ3) is 7.27. The Bertz CT molecular complexity index is 300. The molecule has 0 fully saturated rings. The van der Waals surface area contributed by atoms with Crippen LogP contribution in [0.5, 0.6) is 0 Å². The number of carbonyl (C=O) groups excluding carboxylic acids is 1. The minimum atomic E-state index is -1.00. The Morgan fingerprint density at radius 2 is 1.61 bits per heavy atom. The lowest BCUT2D eigenvalue weighted by molar-refractivity contribution is -0.144. The normalized spacial score (nSPS) is 14.1. The molecule has 5 heteroatoms. The van der Waals surface area contributed by atoms with Crippen molar-refractivity contribution >= 4 is 11.9 Å². The molecule has 0 aromatic carbocycles. The fourth-order valence-electron chi connectivity index (χ4n) is 1.43. The van der Waals surface area contributed by atoms with Gasteiger partial charge in [0.05, 0.1) is 0 Å². The first-order chi connectivity index (χ1) is 7.93. The van der Waals surface area contributed by atoms with Crippen LogP contribution in [0.15, 0.2) is 0 Å². The van der Waals surface area contributed by atoms with Crippen LogP contribution >= 0.6 is 0 Å². The summed E-state index contributed by atoms with van der Waals surface area (Å²) < 4.78 is 0. The van der Waals surface area contributed by atoms with E-state index in [4.69, 9.17) is 5.11 Å². The minimum Gasteiger partial charge on any atom is -0.480 e. The van der Waals surface area contributed by atoms with Crippen molar-refractivity contribution in [1.82, 2.24) is 10.6 Å². The predicted molar refractivity (Wildman–Crippen MR) is 71.4 cm³/mol. The summed E-state index contributed by atoms with van der Waals surface area (Å²) in [6.45, 7) is 11.9. The van der Waals surface area contributed by atoms with Gasteiger partial charge in [-0.25, -0.2) is 4.79 Å². The van der Waals surface area contributed by atoms with E-state index in [0.29, 0.717) is 6.54 Å². The molecule has 18 heavy (non-hydrogen) atoms. The molecular formula is C13H26N2O3. The first-order valence-corrected chi connectivity index (χ1v) is 6.20. The summed E-state index contributed by atoms with van der Waals surface area (Å²) in [7, 11) is 0. The van der Waals surface area contributed by atoms with Crippen molar-refractivity contribution in [3.8, 4) is 0 Å². The van der Waals surface area contributed by atoms with E-state index < -0.39 is 17.4 Å². The van der Waals surface area contributed by atoms with E-state index in [0.717, 1.165) is 0 Å². The summed E-state index contributed by atoms with van der Waals surface area (Å²) in [4.78, 5) is 22.8. The highest BCUT2D eigenvalue weighted by Gasteiger charge is 2.32. The van der Waals surface area contributed by atoms with Crippen LogP contribution in [-0.4, -0.2) is 35.1 Å². The summed E-state index contributed by atoms with van der Waals surface area (Å²) in [5.41, 5.74) is -0.546. The number of rotatable bonds is 5. The maximum Gasteiger partial charge on any atom is 0.326 e. The lowest BCUT2D eigenvalue weighted by atomic mass is 9.86. The van der Waals surface area contributed by atoms with Gasteiger partial charge in [0.1, 0.15) is 6.04 Å². The van der Waals surface area contributed by atoms with Gasteiger partial charge in [-0.15, -0.1) is 0 Å². The van der Waals surface area contributed by atoms with Crippen LogP contribution in [0.3, 0.4) is 0 Å². The Balaban J connectivity index is 4.25. The average Bonchev–Trinajstić information content (AvgIpc) is 2.09. The van der Waals surface area contributed by atoms with Crippen molar-refractivity contribution in [3.63, 3.8) is 0 Å². The van der Waals surface area contributed by atoms with Gasteiger partial charge in [0.15, 0.2) is 0 Å². The quantitative estimate of drug-likeness (QED) is 0.696. The van der Waals surface area contributed by atoms with Crippen LogP contribution in [0.2, 0.25) is 0 Å². The second-order valence-electron chi connectivity index (χ2n) is 6.63. The molecule has 0 unspecified atom stereocenters. The second-order valence-corrected chi connectivity index (χ2v) is 6.63. The minimum absolute atomic E-state index is 0.0451. The smallest absolute Gasteiger partial charge is 0.326 e. The predicted octanol–water partition coefficient (Wildman–Crippen LogP) is 1.38. The first-order valence-electron chi connectivity index (χ1n) is 6.20. The zero-order valence-electron chi connectivity index (χ0n) is 12.3. The molecule has 0 saturated heterocycles. The Morgan fingerprint density at radius 1 is 1.11 bits per heavy atom. The molecule has 1 atom stereocenters. The van der Waals surface area contributed by atoms with Gasteiger partial charge in [-0.3, -0.25) is 4.79 Å². The maximum atomic E-state index is 11.7. The molecule has 106 valence electrons. The summed E-state index contributed by atoms with van der Waals surface area (Å²) in [6, 6.07) is -0.861. The van der Waals surface area contributed by atoms with Crippen LogP contribution < -0.4 is 10.6 Å².